The van der Waals surface area contributed by atoms with Crippen LogP contribution in [0, 0.1) is 6.92 Å². The highest BCUT2D eigenvalue weighted by Gasteiger charge is 2.16. The fourth-order valence-electron chi connectivity index (χ4n) is 4.33. The largest absolute Gasteiger partial charge is 0.354 e. The van der Waals surface area contributed by atoms with E-state index in [1.54, 1.807) is 11.3 Å². The van der Waals surface area contributed by atoms with E-state index in [1.807, 2.05) is 17.4 Å². The predicted molar refractivity (Wildman–Crippen MR) is 121 cm³/mol. The van der Waals surface area contributed by atoms with Crippen molar-refractivity contribution in [2.45, 2.75) is 58.9 Å². The lowest BCUT2D eigenvalue weighted by Crippen LogP contribution is -2.36. The fourth-order valence-corrected chi connectivity index (χ4v) is 5.27. The smallest absolute Gasteiger partial charge is 0.291 e. The van der Waals surface area contributed by atoms with Gasteiger partial charge in [0.1, 0.15) is 17.9 Å². The summed E-state index contributed by atoms with van der Waals surface area (Å²) in [5.74, 6) is 0.641. The van der Waals surface area contributed by atoms with E-state index >= 15 is 0 Å². The summed E-state index contributed by atoms with van der Waals surface area (Å²) in [6.45, 7) is 8.03. The molecule has 1 aliphatic rings. The van der Waals surface area contributed by atoms with Crippen LogP contribution >= 0.6 is 11.3 Å². The minimum Gasteiger partial charge on any atom is -0.354 e. The number of likely N-dealkylation sites (tertiary alicyclic amines) is 1. The molecule has 1 aliphatic heterocycles. The van der Waals surface area contributed by atoms with Gasteiger partial charge in [0.15, 0.2) is 0 Å². The van der Waals surface area contributed by atoms with Gasteiger partial charge in [0.05, 0.1) is 10.2 Å². The van der Waals surface area contributed by atoms with Gasteiger partial charge in [-0.05, 0) is 58.0 Å². The molecule has 0 aromatic carbocycles. The first-order valence-electron chi connectivity index (χ1n) is 11.1. The average Bonchev–Trinajstić information content (AvgIpc) is 3.12. The first-order valence-corrected chi connectivity index (χ1v) is 11.9. The Kier molecular flexibility index (Phi) is 6.53. The number of hydrogen-bond donors (Lipinski definition) is 1. The van der Waals surface area contributed by atoms with Crippen LogP contribution in [0.4, 0.5) is 0 Å². The molecule has 4 rings (SSSR count). The summed E-state index contributed by atoms with van der Waals surface area (Å²) >= 11 is 1.67. The molecule has 0 atom stereocenters. The summed E-state index contributed by atoms with van der Waals surface area (Å²) in [6, 6.07) is 4.01. The maximum Gasteiger partial charge on any atom is 0.291 e. The van der Waals surface area contributed by atoms with Crippen LogP contribution in [-0.4, -0.2) is 51.2 Å². The Balaban J connectivity index is 1.41. The Morgan fingerprint density at radius 1 is 1.17 bits per heavy atom. The highest BCUT2D eigenvalue weighted by atomic mass is 32.1. The second kappa shape index (κ2) is 9.31. The van der Waals surface area contributed by atoms with E-state index in [1.165, 1.54) is 48.3 Å². The van der Waals surface area contributed by atoms with Crippen LogP contribution in [0.25, 0.3) is 15.7 Å². The quantitative estimate of drug-likeness (QED) is 0.586. The molecule has 0 bridgehead atoms. The normalized spacial score (nSPS) is 15.7. The van der Waals surface area contributed by atoms with Gasteiger partial charge >= 0.3 is 0 Å². The molecule has 0 aliphatic carbocycles. The Labute approximate surface area is 180 Å². The van der Waals surface area contributed by atoms with Crippen LogP contribution in [0.2, 0.25) is 0 Å². The van der Waals surface area contributed by atoms with Gasteiger partial charge in [-0.15, -0.1) is 11.3 Å². The first-order chi connectivity index (χ1) is 14.6. The summed E-state index contributed by atoms with van der Waals surface area (Å²) in [4.78, 5) is 29.1. The fraction of sp³-hybridized carbons (Fsp3) is 0.591. The highest BCUT2D eigenvalue weighted by molar-refractivity contribution is 7.19. The Hall–Kier alpha value is -2.19. The van der Waals surface area contributed by atoms with Crippen molar-refractivity contribution < 1.29 is 4.79 Å². The lowest BCUT2D eigenvalue weighted by molar-refractivity contribution is -0.121. The third-order valence-electron chi connectivity index (χ3n) is 5.84. The summed E-state index contributed by atoms with van der Waals surface area (Å²) in [6.07, 6.45) is 6.84. The number of thiophene rings is 1. The van der Waals surface area contributed by atoms with Crippen molar-refractivity contribution in [2.75, 3.05) is 26.2 Å². The Bertz CT molecular complexity index is 1090. The highest BCUT2D eigenvalue weighted by Crippen LogP contribution is 2.28. The number of aromatic nitrogens is 3. The zero-order valence-corrected chi connectivity index (χ0v) is 18.8. The number of amides is 1. The lowest BCUT2D eigenvalue weighted by atomic mass is 10.2. The van der Waals surface area contributed by atoms with Crippen LogP contribution in [-0.2, 0) is 17.8 Å². The van der Waals surface area contributed by atoms with Crippen LogP contribution in [0.5, 0.6) is 0 Å². The number of carbonyl (C=O) groups is 1. The second-order valence-corrected chi connectivity index (χ2v) is 9.45. The van der Waals surface area contributed by atoms with Crippen LogP contribution in [0.3, 0.4) is 0 Å². The molecule has 1 fully saturated rings. The Morgan fingerprint density at radius 2 is 1.93 bits per heavy atom. The average molecular weight is 430 g/mol. The minimum absolute atomic E-state index is 0.0378. The van der Waals surface area contributed by atoms with E-state index in [0.29, 0.717) is 18.5 Å². The van der Waals surface area contributed by atoms with Gasteiger partial charge in [0.2, 0.25) is 5.91 Å². The second-order valence-electron chi connectivity index (χ2n) is 8.16. The molecule has 1 saturated heterocycles. The van der Waals surface area contributed by atoms with Crippen molar-refractivity contribution in [3.63, 3.8) is 0 Å². The molecule has 8 heteroatoms. The first kappa shape index (κ1) is 21.1. The lowest BCUT2D eigenvalue weighted by Gasteiger charge is -2.19. The van der Waals surface area contributed by atoms with E-state index in [-0.39, 0.29) is 18.0 Å². The van der Waals surface area contributed by atoms with Crippen molar-refractivity contribution in [3.05, 3.63) is 33.2 Å². The third kappa shape index (κ3) is 4.44. The SMILES string of the molecule is CCc1nn(CC(=O)NCCCN2CCCCCC2)c(=O)c2cc3sc(C)cc3n12. The summed E-state index contributed by atoms with van der Waals surface area (Å²) in [7, 11) is 0. The summed E-state index contributed by atoms with van der Waals surface area (Å²) < 4.78 is 4.34. The van der Waals surface area contributed by atoms with E-state index < -0.39 is 0 Å². The number of aryl methyl sites for hydroxylation is 2. The van der Waals surface area contributed by atoms with Gasteiger partial charge in [-0.1, -0.05) is 19.8 Å². The van der Waals surface area contributed by atoms with E-state index in [2.05, 4.69) is 28.3 Å². The number of hydrogen-bond acceptors (Lipinski definition) is 5. The van der Waals surface area contributed by atoms with Crippen molar-refractivity contribution in [2.24, 2.45) is 0 Å². The van der Waals surface area contributed by atoms with Gasteiger partial charge in [0, 0.05) is 17.8 Å². The molecule has 162 valence electrons. The topological polar surface area (TPSA) is 71.6 Å². The van der Waals surface area contributed by atoms with E-state index in [0.717, 1.165) is 29.0 Å². The van der Waals surface area contributed by atoms with Gasteiger partial charge < -0.3 is 10.2 Å². The molecule has 0 spiro atoms. The minimum atomic E-state index is -0.215. The molecule has 0 unspecified atom stereocenters. The summed E-state index contributed by atoms with van der Waals surface area (Å²) in [5.41, 5.74) is 1.41. The molecule has 1 amide bonds. The van der Waals surface area contributed by atoms with Gasteiger partial charge in [-0.3, -0.25) is 14.0 Å². The standard InChI is InChI=1S/C22H31N5O2S/c1-3-20-24-26(22(29)18-14-19-17(27(18)20)13-16(2)30-19)15-21(28)23-9-8-12-25-10-6-4-5-7-11-25/h13-14H,3-12,15H2,1-2H3,(H,23,28). The molecule has 3 aromatic heterocycles. The molecule has 0 saturated carbocycles. The molecular weight excluding hydrogens is 398 g/mol. The molecule has 0 radical (unpaired) electrons. The molecule has 1 N–H and O–H groups in total. The van der Waals surface area contributed by atoms with Gasteiger partial charge in [0.25, 0.3) is 5.56 Å². The zero-order valence-electron chi connectivity index (χ0n) is 17.9. The van der Waals surface area contributed by atoms with Gasteiger partial charge in [-0.2, -0.15) is 5.10 Å². The third-order valence-corrected chi connectivity index (χ3v) is 6.83. The predicted octanol–water partition coefficient (Wildman–Crippen LogP) is 2.96. The number of fused-ring (bicyclic) bond motifs is 3. The van der Waals surface area contributed by atoms with Gasteiger partial charge in [-0.25, -0.2) is 4.68 Å². The van der Waals surface area contributed by atoms with Crippen molar-refractivity contribution in [1.82, 2.24) is 24.4 Å². The van der Waals surface area contributed by atoms with Crippen molar-refractivity contribution in [3.8, 4) is 0 Å². The number of nitrogens with zero attached hydrogens (tertiary/aromatic N) is 4. The Morgan fingerprint density at radius 3 is 2.67 bits per heavy atom. The number of rotatable bonds is 7. The zero-order chi connectivity index (χ0) is 21.1. The monoisotopic (exact) mass is 429 g/mol. The van der Waals surface area contributed by atoms with Crippen LogP contribution in [0.1, 0.15) is 49.7 Å². The summed E-state index contributed by atoms with van der Waals surface area (Å²) in [5, 5.41) is 7.46. The van der Waals surface area contributed by atoms with Crippen molar-refractivity contribution >= 4 is 33.0 Å². The molecule has 30 heavy (non-hydrogen) atoms. The van der Waals surface area contributed by atoms with E-state index in [9.17, 15) is 9.59 Å². The maximum absolute atomic E-state index is 13.0. The number of carbonyl (C=O) groups excluding carboxylic acids is 1. The maximum atomic E-state index is 13.0. The van der Waals surface area contributed by atoms with Crippen LogP contribution in [0.15, 0.2) is 16.9 Å². The number of nitrogens with one attached hydrogen (secondary N) is 1. The molecule has 3 aromatic rings. The molecule has 4 heterocycles. The van der Waals surface area contributed by atoms with Crippen LogP contribution < -0.4 is 10.9 Å². The van der Waals surface area contributed by atoms with Crippen molar-refractivity contribution in [1.29, 1.82) is 0 Å². The molecular formula is C22H31N5O2S. The molecule has 7 nitrogen and oxygen atoms in total. The van der Waals surface area contributed by atoms with E-state index in [4.69, 9.17) is 0 Å².